The smallest absolute Gasteiger partial charge is 0.339 e. The molecule has 1 atom stereocenters. The predicted octanol–water partition coefficient (Wildman–Crippen LogP) is 3.36. The van der Waals surface area contributed by atoms with Gasteiger partial charge in [0.05, 0.1) is 24.5 Å². The van der Waals surface area contributed by atoms with Crippen LogP contribution in [-0.4, -0.2) is 42.6 Å². The number of nitrogens with one attached hydrogen (secondary N) is 1. The maximum absolute atomic E-state index is 12.8. The fourth-order valence-electron chi connectivity index (χ4n) is 3.17. The van der Waals surface area contributed by atoms with Crippen LogP contribution in [0.5, 0.6) is 0 Å². The molecule has 0 aliphatic heterocycles. The van der Waals surface area contributed by atoms with E-state index in [1.54, 1.807) is 36.4 Å². The molecule has 0 radical (unpaired) electrons. The Morgan fingerprint density at radius 3 is 2.58 bits per heavy atom. The molecule has 0 aliphatic rings. The van der Waals surface area contributed by atoms with Crippen molar-refractivity contribution in [2.24, 2.45) is 5.92 Å². The molecule has 0 aliphatic carbocycles. The van der Waals surface area contributed by atoms with Crippen molar-refractivity contribution in [3.8, 4) is 11.5 Å². The van der Waals surface area contributed by atoms with E-state index in [1.165, 1.54) is 13.4 Å². The van der Waals surface area contributed by atoms with Crippen molar-refractivity contribution in [1.82, 2.24) is 10.3 Å². The zero-order chi connectivity index (χ0) is 22.4. The van der Waals surface area contributed by atoms with Crippen LogP contribution in [0.2, 0.25) is 0 Å². The number of carbonyl (C=O) groups is 3. The third-order valence-corrected chi connectivity index (χ3v) is 4.57. The topological polar surface area (TPSA) is 108 Å². The van der Waals surface area contributed by atoms with Gasteiger partial charge in [-0.05, 0) is 36.6 Å². The monoisotopic (exact) mass is 424 g/mol. The van der Waals surface area contributed by atoms with Gasteiger partial charge in [-0.2, -0.15) is 0 Å². The van der Waals surface area contributed by atoms with Crippen molar-refractivity contribution in [3.05, 3.63) is 54.3 Å². The molecular weight excluding hydrogens is 400 g/mol. The van der Waals surface area contributed by atoms with Gasteiger partial charge in [-0.15, -0.1) is 0 Å². The number of carbonyl (C=O) groups excluding carboxylic acids is 3. The lowest BCUT2D eigenvalue weighted by Crippen LogP contribution is -2.44. The molecule has 0 saturated carbocycles. The molecule has 0 fully saturated rings. The Morgan fingerprint density at radius 1 is 1.13 bits per heavy atom. The molecule has 0 saturated heterocycles. The maximum Gasteiger partial charge on any atom is 0.339 e. The van der Waals surface area contributed by atoms with E-state index in [0.717, 1.165) is 0 Å². The van der Waals surface area contributed by atoms with E-state index in [1.807, 2.05) is 19.9 Å². The largest absolute Gasteiger partial charge is 0.467 e. The van der Waals surface area contributed by atoms with E-state index in [9.17, 15) is 14.4 Å². The molecule has 3 rings (SSSR count). The van der Waals surface area contributed by atoms with Crippen molar-refractivity contribution < 1.29 is 28.3 Å². The van der Waals surface area contributed by atoms with Crippen molar-refractivity contribution in [2.45, 2.75) is 26.3 Å². The minimum absolute atomic E-state index is 0.162. The highest BCUT2D eigenvalue weighted by Crippen LogP contribution is 2.25. The number of pyridine rings is 1. The van der Waals surface area contributed by atoms with Crippen molar-refractivity contribution >= 4 is 28.7 Å². The number of rotatable bonds is 8. The van der Waals surface area contributed by atoms with E-state index in [2.05, 4.69) is 10.3 Å². The summed E-state index contributed by atoms with van der Waals surface area (Å²) in [5, 5.41) is 3.15. The van der Waals surface area contributed by atoms with Crippen LogP contribution in [0, 0.1) is 5.92 Å². The summed E-state index contributed by atoms with van der Waals surface area (Å²) in [5.41, 5.74) is 1.33. The number of hydrogen-bond donors (Lipinski definition) is 1. The molecular formula is C23H24N2O6. The van der Waals surface area contributed by atoms with Gasteiger partial charge >= 0.3 is 11.9 Å². The SMILES string of the molecule is COC(=O)C(CC(C)C)NC(=O)COC(=O)c1cc(-c2ccco2)nc2ccccc12. The Kier molecular flexibility index (Phi) is 7.02. The lowest BCUT2D eigenvalue weighted by Gasteiger charge is -2.18. The Morgan fingerprint density at radius 2 is 1.90 bits per heavy atom. The molecule has 162 valence electrons. The summed E-state index contributed by atoms with van der Waals surface area (Å²) >= 11 is 0. The summed E-state index contributed by atoms with van der Waals surface area (Å²) in [4.78, 5) is 41.5. The highest BCUT2D eigenvalue weighted by molar-refractivity contribution is 6.05. The number of aromatic nitrogens is 1. The second-order valence-electron chi connectivity index (χ2n) is 7.40. The molecule has 1 aromatic carbocycles. The lowest BCUT2D eigenvalue weighted by atomic mass is 10.0. The zero-order valence-corrected chi connectivity index (χ0v) is 17.6. The average molecular weight is 424 g/mol. The summed E-state index contributed by atoms with van der Waals surface area (Å²) in [5.74, 6) is -1.15. The number of fused-ring (bicyclic) bond motifs is 1. The number of benzene rings is 1. The van der Waals surface area contributed by atoms with Gasteiger partial charge < -0.3 is 19.2 Å². The molecule has 0 bridgehead atoms. The molecule has 3 aromatic rings. The first-order valence-electron chi connectivity index (χ1n) is 9.87. The number of nitrogens with zero attached hydrogens (tertiary/aromatic N) is 1. The number of amides is 1. The summed E-state index contributed by atoms with van der Waals surface area (Å²) in [6.07, 6.45) is 1.93. The average Bonchev–Trinajstić information content (AvgIpc) is 3.30. The van der Waals surface area contributed by atoms with Crippen LogP contribution in [0.25, 0.3) is 22.4 Å². The molecule has 1 amide bonds. The third-order valence-electron chi connectivity index (χ3n) is 4.57. The number of methoxy groups -OCH3 is 1. The van der Waals surface area contributed by atoms with Gasteiger partial charge in [0.1, 0.15) is 11.7 Å². The molecule has 1 unspecified atom stereocenters. The summed E-state index contributed by atoms with van der Waals surface area (Å²) < 4.78 is 15.3. The number of furan rings is 1. The summed E-state index contributed by atoms with van der Waals surface area (Å²) in [6.45, 7) is 3.32. The van der Waals surface area contributed by atoms with Crippen molar-refractivity contribution in [2.75, 3.05) is 13.7 Å². The van der Waals surface area contributed by atoms with Crippen LogP contribution >= 0.6 is 0 Å². The fraction of sp³-hybridized carbons (Fsp3) is 0.304. The van der Waals surface area contributed by atoms with E-state index < -0.39 is 30.5 Å². The maximum atomic E-state index is 12.8. The summed E-state index contributed by atoms with van der Waals surface area (Å²) in [7, 11) is 1.26. The lowest BCUT2D eigenvalue weighted by molar-refractivity contribution is -0.145. The molecule has 0 spiro atoms. The number of para-hydroxylation sites is 1. The molecule has 2 heterocycles. The van der Waals surface area contributed by atoms with E-state index in [0.29, 0.717) is 28.8 Å². The number of esters is 2. The Bertz CT molecular complexity index is 1070. The predicted molar refractivity (Wildman–Crippen MR) is 113 cm³/mol. The Labute approximate surface area is 179 Å². The van der Waals surface area contributed by atoms with Crippen LogP contribution < -0.4 is 5.32 Å². The Balaban J connectivity index is 1.75. The quantitative estimate of drug-likeness (QED) is 0.553. The van der Waals surface area contributed by atoms with Gasteiger partial charge in [0.15, 0.2) is 12.4 Å². The van der Waals surface area contributed by atoms with Crippen molar-refractivity contribution in [1.29, 1.82) is 0 Å². The molecule has 31 heavy (non-hydrogen) atoms. The van der Waals surface area contributed by atoms with Crippen LogP contribution in [-0.2, 0) is 19.1 Å². The zero-order valence-electron chi connectivity index (χ0n) is 17.6. The van der Waals surface area contributed by atoms with Gasteiger partial charge in [0, 0.05) is 5.39 Å². The first-order valence-corrected chi connectivity index (χ1v) is 9.87. The highest BCUT2D eigenvalue weighted by atomic mass is 16.5. The number of ether oxygens (including phenoxy) is 2. The molecule has 1 N–H and O–H groups in total. The van der Waals surface area contributed by atoms with Gasteiger partial charge in [-0.3, -0.25) is 4.79 Å². The highest BCUT2D eigenvalue weighted by Gasteiger charge is 2.24. The van der Waals surface area contributed by atoms with E-state index >= 15 is 0 Å². The van der Waals surface area contributed by atoms with Crippen LogP contribution in [0.3, 0.4) is 0 Å². The van der Waals surface area contributed by atoms with Gasteiger partial charge in [0.25, 0.3) is 5.91 Å². The van der Waals surface area contributed by atoms with Crippen LogP contribution in [0.1, 0.15) is 30.6 Å². The molecule has 8 nitrogen and oxygen atoms in total. The first kappa shape index (κ1) is 22.0. The fourth-order valence-corrected chi connectivity index (χ4v) is 3.17. The van der Waals surface area contributed by atoms with Crippen LogP contribution in [0.4, 0.5) is 0 Å². The summed E-state index contributed by atoms with van der Waals surface area (Å²) in [6, 6.07) is 11.4. The van der Waals surface area contributed by atoms with Gasteiger partial charge in [-0.1, -0.05) is 32.0 Å². The molecule has 8 heteroatoms. The minimum atomic E-state index is -0.802. The van der Waals surface area contributed by atoms with Gasteiger partial charge in [-0.25, -0.2) is 14.6 Å². The number of hydrogen-bond acceptors (Lipinski definition) is 7. The van der Waals surface area contributed by atoms with Crippen molar-refractivity contribution in [3.63, 3.8) is 0 Å². The second kappa shape index (κ2) is 9.88. The van der Waals surface area contributed by atoms with E-state index in [-0.39, 0.29) is 11.5 Å². The first-order chi connectivity index (χ1) is 14.9. The standard InChI is InChI=1S/C23H24N2O6/c1-14(2)11-19(23(28)29-3)25-21(26)13-31-22(27)16-12-18(20-9-6-10-30-20)24-17-8-5-4-7-15(16)17/h4-10,12,14,19H,11,13H2,1-3H3,(H,25,26). The molecule has 2 aromatic heterocycles. The van der Waals surface area contributed by atoms with E-state index in [4.69, 9.17) is 13.9 Å². The van der Waals surface area contributed by atoms with Gasteiger partial charge in [0.2, 0.25) is 0 Å². The van der Waals surface area contributed by atoms with Crippen LogP contribution in [0.15, 0.2) is 53.1 Å². The third kappa shape index (κ3) is 5.48. The Hall–Kier alpha value is -3.68. The normalized spacial score (nSPS) is 11.9. The second-order valence-corrected chi connectivity index (χ2v) is 7.40. The minimum Gasteiger partial charge on any atom is -0.467 e.